The molecule has 1 unspecified atom stereocenters. The molecular weight excluding hydrogens is 489 g/mol. The van der Waals surface area contributed by atoms with E-state index in [0.717, 1.165) is 0 Å². The van der Waals surface area contributed by atoms with E-state index in [4.69, 9.17) is 0 Å². The van der Waals surface area contributed by atoms with E-state index in [1.165, 1.54) is 39.6 Å². The first-order chi connectivity index (χ1) is 14.6. The zero-order chi connectivity index (χ0) is 22.5. The molecule has 1 atom stereocenters. The summed E-state index contributed by atoms with van der Waals surface area (Å²) in [7, 11) is 0.727. The van der Waals surface area contributed by atoms with Gasteiger partial charge in [0.05, 0.1) is 15.9 Å². The largest absolute Gasteiger partial charge is 0.336 e. The summed E-state index contributed by atoms with van der Waals surface area (Å²) in [6.45, 7) is 0. The lowest BCUT2D eigenvalue weighted by molar-refractivity contribution is 0.544. The Morgan fingerprint density at radius 3 is 2.35 bits per heavy atom. The molecule has 0 aliphatic heterocycles. The Kier molecular flexibility index (Phi) is 5.36. The number of benzene rings is 2. The topological polar surface area (TPSA) is 90.9 Å². The number of aromatic nitrogens is 4. The van der Waals surface area contributed by atoms with Crippen LogP contribution < -0.4 is 10.4 Å². The number of nitrogens with zero attached hydrogens (tertiary/aromatic N) is 4. The summed E-state index contributed by atoms with van der Waals surface area (Å²) in [5, 5.41) is 0. The quantitative estimate of drug-likeness (QED) is 0.449. The molecular formula is C20H19BrFN5O3S. The Bertz CT molecular complexity index is 1470. The molecule has 1 N–H and O–H groups in total. The Morgan fingerprint density at radius 2 is 1.74 bits per heavy atom. The van der Waals surface area contributed by atoms with Gasteiger partial charge in [-0.15, -0.1) is 0 Å². The summed E-state index contributed by atoms with van der Waals surface area (Å²) in [6.07, 6.45) is 3.17. The molecule has 4 aromatic rings. The van der Waals surface area contributed by atoms with E-state index in [1.54, 1.807) is 44.0 Å². The zero-order valence-electron chi connectivity index (χ0n) is 16.9. The molecule has 0 aliphatic rings. The number of aryl methyl sites for hydroxylation is 3. The van der Waals surface area contributed by atoms with Gasteiger partial charge in [0.15, 0.2) is 0 Å². The third-order valence-electron chi connectivity index (χ3n) is 5.22. The normalized spacial score (nSPS) is 13.1. The van der Waals surface area contributed by atoms with E-state index in [-0.39, 0.29) is 20.6 Å². The average molecular weight is 508 g/mol. The van der Waals surface area contributed by atoms with Crippen molar-refractivity contribution in [1.29, 1.82) is 0 Å². The van der Waals surface area contributed by atoms with Crippen molar-refractivity contribution in [2.75, 3.05) is 0 Å². The smallest absolute Gasteiger partial charge is 0.328 e. The summed E-state index contributed by atoms with van der Waals surface area (Å²) >= 11 is 3.31. The molecule has 2 aromatic carbocycles. The van der Waals surface area contributed by atoms with Crippen LogP contribution in [-0.2, 0) is 31.2 Å². The van der Waals surface area contributed by atoms with Gasteiger partial charge in [-0.2, -0.15) is 4.72 Å². The van der Waals surface area contributed by atoms with Crippen LogP contribution in [0.5, 0.6) is 0 Å². The molecule has 0 amide bonds. The number of halogens is 2. The van der Waals surface area contributed by atoms with Crippen molar-refractivity contribution in [2.24, 2.45) is 21.1 Å². The number of sulfonamides is 1. The Balaban J connectivity index is 1.87. The van der Waals surface area contributed by atoms with Crippen molar-refractivity contribution in [3.05, 3.63) is 81.0 Å². The fourth-order valence-corrected chi connectivity index (χ4v) is 5.77. The number of rotatable bonds is 5. The highest BCUT2D eigenvalue weighted by Crippen LogP contribution is 2.30. The van der Waals surface area contributed by atoms with Gasteiger partial charge in [0.1, 0.15) is 17.7 Å². The van der Waals surface area contributed by atoms with E-state index in [2.05, 4.69) is 25.6 Å². The van der Waals surface area contributed by atoms with Crippen molar-refractivity contribution in [3.8, 4) is 0 Å². The van der Waals surface area contributed by atoms with Crippen LogP contribution in [0.25, 0.3) is 11.0 Å². The molecule has 4 rings (SSSR count). The highest BCUT2D eigenvalue weighted by molar-refractivity contribution is 9.10. The number of hydrogen-bond acceptors (Lipinski definition) is 4. The van der Waals surface area contributed by atoms with Gasteiger partial charge in [0, 0.05) is 43.6 Å². The summed E-state index contributed by atoms with van der Waals surface area (Å²) < 4.78 is 48.7. The molecule has 11 heteroatoms. The summed E-state index contributed by atoms with van der Waals surface area (Å²) in [6, 6.07) is 7.86. The lowest BCUT2D eigenvalue weighted by Crippen LogP contribution is -2.32. The highest BCUT2D eigenvalue weighted by atomic mass is 79.9. The first-order valence-corrected chi connectivity index (χ1v) is 11.5. The summed E-state index contributed by atoms with van der Waals surface area (Å²) in [5.74, 6) is -0.226. The van der Waals surface area contributed by atoms with Gasteiger partial charge in [-0.25, -0.2) is 22.6 Å². The maximum atomic E-state index is 14.6. The molecule has 0 radical (unpaired) electrons. The second kappa shape index (κ2) is 7.74. The molecule has 0 saturated heterocycles. The number of nitrogens with one attached hydrogen (secondary N) is 1. The second-order valence-electron chi connectivity index (χ2n) is 7.14. The van der Waals surface area contributed by atoms with Crippen molar-refractivity contribution in [1.82, 2.24) is 23.4 Å². The van der Waals surface area contributed by atoms with E-state index < -0.39 is 21.9 Å². The minimum Gasteiger partial charge on any atom is -0.336 e. The van der Waals surface area contributed by atoms with Gasteiger partial charge in [-0.3, -0.25) is 9.13 Å². The molecule has 0 spiro atoms. The van der Waals surface area contributed by atoms with Crippen LogP contribution >= 0.6 is 15.9 Å². The number of imidazole rings is 2. The highest BCUT2D eigenvalue weighted by Gasteiger charge is 2.29. The fourth-order valence-electron chi connectivity index (χ4n) is 3.54. The third kappa shape index (κ3) is 3.62. The molecule has 2 aromatic heterocycles. The standard InChI is InChI=1S/C20H19BrFN5O3S/c1-25-9-8-23-19(25)18(12-6-4-5-7-14(12)22)24-31(29,30)17-11-16-15(10-13(17)21)26(2)20(28)27(16)3/h4-11,18,24H,1-3H3. The summed E-state index contributed by atoms with van der Waals surface area (Å²) in [4.78, 5) is 16.4. The first-order valence-electron chi connectivity index (χ1n) is 9.20. The number of hydrogen-bond donors (Lipinski definition) is 1. The Morgan fingerprint density at radius 1 is 1.10 bits per heavy atom. The van der Waals surface area contributed by atoms with Crippen LogP contribution in [0.4, 0.5) is 4.39 Å². The van der Waals surface area contributed by atoms with E-state index in [1.807, 2.05) is 0 Å². The van der Waals surface area contributed by atoms with Crippen LogP contribution in [0.3, 0.4) is 0 Å². The van der Waals surface area contributed by atoms with E-state index in [9.17, 15) is 17.6 Å². The van der Waals surface area contributed by atoms with Gasteiger partial charge < -0.3 is 4.57 Å². The molecule has 0 fully saturated rings. The fraction of sp³-hybridized carbons (Fsp3) is 0.200. The molecule has 31 heavy (non-hydrogen) atoms. The van der Waals surface area contributed by atoms with Crippen LogP contribution in [0.1, 0.15) is 17.4 Å². The predicted octanol–water partition coefficient (Wildman–Crippen LogP) is 2.58. The SMILES string of the molecule is Cn1ccnc1C(NS(=O)(=O)c1cc2c(cc1Br)n(C)c(=O)n2C)c1ccccc1F. The predicted molar refractivity (Wildman–Crippen MR) is 118 cm³/mol. The molecule has 162 valence electrons. The summed E-state index contributed by atoms with van der Waals surface area (Å²) in [5.41, 5.74) is 0.898. The van der Waals surface area contributed by atoms with Crippen LogP contribution in [-0.4, -0.2) is 27.1 Å². The molecule has 0 aliphatic carbocycles. The minimum atomic E-state index is -4.15. The molecule has 0 saturated carbocycles. The van der Waals surface area contributed by atoms with Gasteiger partial charge in [0.2, 0.25) is 10.0 Å². The monoisotopic (exact) mass is 507 g/mol. The molecule has 0 bridgehead atoms. The minimum absolute atomic E-state index is 0.0725. The lowest BCUT2D eigenvalue weighted by atomic mass is 10.1. The van der Waals surface area contributed by atoms with Crippen molar-refractivity contribution >= 4 is 37.0 Å². The molecule has 2 heterocycles. The first kappa shape index (κ1) is 21.5. The number of fused-ring (bicyclic) bond motifs is 1. The average Bonchev–Trinajstić information content (AvgIpc) is 3.23. The van der Waals surface area contributed by atoms with Crippen LogP contribution in [0.15, 0.2) is 63.0 Å². The third-order valence-corrected chi connectivity index (χ3v) is 7.60. The van der Waals surface area contributed by atoms with Crippen molar-refractivity contribution in [3.63, 3.8) is 0 Å². The molecule has 8 nitrogen and oxygen atoms in total. The van der Waals surface area contributed by atoms with Gasteiger partial charge in [-0.1, -0.05) is 18.2 Å². The maximum absolute atomic E-state index is 14.6. The van der Waals surface area contributed by atoms with Gasteiger partial charge in [-0.05, 0) is 34.1 Å². The van der Waals surface area contributed by atoms with Crippen LogP contribution in [0.2, 0.25) is 0 Å². The Labute approximate surface area is 186 Å². The van der Waals surface area contributed by atoms with Crippen molar-refractivity contribution in [2.45, 2.75) is 10.9 Å². The van der Waals surface area contributed by atoms with Crippen LogP contribution in [0, 0.1) is 5.82 Å². The van der Waals surface area contributed by atoms with Crippen molar-refractivity contribution < 1.29 is 12.8 Å². The lowest BCUT2D eigenvalue weighted by Gasteiger charge is -2.20. The van der Waals surface area contributed by atoms with E-state index >= 15 is 0 Å². The Hall–Kier alpha value is -2.76. The van der Waals surface area contributed by atoms with E-state index in [0.29, 0.717) is 16.9 Å². The van der Waals surface area contributed by atoms with Gasteiger partial charge in [0.25, 0.3) is 0 Å². The zero-order valence-corrected chi connectivity index (χ0v) is 19.3. The van der Waals surface area contributed by atoms with Gasteiger partial charge >= 0.3 is 5.69 Å². The second-order valence-corrected chi connectivity index (χ2v) is 9.68. The maximum Gasteiger partial charge on any atom is 0.328 e.